The zero-order valence-corrected chi connectivity index (χ0v) is 9.86. The third-order valence-electron chi connectivity index (χ3n) is 3.21. The van der Waals surface area contributed by atoms with E-state index in [-0.39, 0.29) is 11.8 Å². The molecule has 90 valence electrons. The molecule has 1 aliphatic heterocycles. The molecule has 18 heavy (non-hydrogen) atoms. The summed E-state index contributed by atoms with van der Waals surface area (Å²) in [6.45, 7) is 0.740. The molecule has 2 aromatic rings. The molecule has 1 unspecified atom stereocenters. The quantitative estimate of drug-likeness (QED) is 0.805. The first-order chi connectivity index (χ1) is 8.86. The van der Waals surface area contributed by atoms with Crippen LogP contribution in [0.25, 0.3) is 0 Å². The van der Waals surface area contributed by atoms with Crippen molar-refractivity contribution in [2.45, 2.75) is 12.3 Å². The number of anilines is 1. The molecule has 2 heterocycles. The third-order valence-corrected chi connectivity index (χ3v) is 3.21. The third kappa shape index (κ3) is 1.86. The van der Waals surface area contributed by atoms with Crippen LogP contribution in [-0.2, 0) is 4.79 Å². The Labute approximate surface area is 105 Å². The maximum Gasteiger partial charge on any atom is 0.236 e. The molecule has 1 aromatic heterocycles. The topological polar surface area (TPSA) is 46.1 Å². The summed E-state index contributed by atoms with van der Waals surface area (Å²) in [5.41, 5.74) is 1.72. The molecule has 0 spiro atoms. The number of aromatic nitrogens is 2. The van der Waals surface area contributed by atoms with E-state index < -0.39 is 0 Å². The summed E-state index contributed by atoms with van der Waals surface area (Å²) in [4.78, 5) is 22.4. The zero-order chi connectivity index (χ0) is 12.4. The van der Waals surface area contributed by atoms with Crippen LogP contribution in [0.2, 0.25) is 0 Å². The number of rotatable bonds is 2. The fourth-order valence-electron chi connectivity index (χ4n) is 2.31. The van der Waals surface area contributed by atoms with E-state index in [0.29, 0.717) is 0 Å². The van der Waals surface area contributed by atoms with Crippen molar-refractivity contribution in [3.63, 3.8) is 0 Å². The van der Waals surface area contributed by atoms with E-state index in [4.69, 9.17) is 0 Å². The maximum atomic E-state index is 12.4. The standard InChI is InChI=1S/C14H13N3O/c18-14-12(13-10-15-7-8-16-13)6-9-17(14)11-4-2-1-3-5-11/h1-5,7-8,10,12H,6,9H2. The van der Waals surface area contributed by atoms with Gasteiger partial charge < -0.3 is 4.90 Å². The Hall–Kier alpha value is -2.23. The minimum atomic E-state index is -0.154. The van der Waals surface area contributed by atoms with Crippen LogP contribution in [-0.4, -0.2) is 22.4 Å². The van der Waals surface area contributed by atoms with E-state index in [1.54, 1.807) is 18.6 Å². The highest BCUT2D eigenvalue weighted by atomic mass is 16.2. The largest absolute Gasteiger partial charge is 0.312 e. The summed E-state index contributed by atoms with van der Waals surface area (Å²) in [6, 6.07) is 9.74. The summed E-state index contributed by atoms with van der Waals surface area (Å²) < 4.78 is 0. The fraction of sp³-hybridized carbons (Fsp3) is 0.214. The average molecular weight is 239 g/mol. The smallest absolute Gasteiger partial charge is 0.236 e. The molecular weight excluding hydrogens is 226 g/mol. The van der Waals surface area contributed by atoms with Crippen molar-refractivity contribution in [1.82, 2.24) is 9.97 Å². The van der Waals surface area contributed by atoms with Gasteiger partial charge in [-0.15, -0.1) is 0 Å². The van der Waals surface area contributed by atoms with Gasteiger partial charge in [-0.2, -0.15) is 0 Å². The number of hydrogen-bond acceptors (Lipinski definition) is 3. The zero-order valence-electron chi connectivity index (χ0n) is 9.86. The van der Waals surface area contributed by atoms with Crippen LogP contribution in [0.1, 0.15) is 18.0 Å². The molecule has 3 rings (SSSR count). The monoisotopic (exact) mass is 239 g/mol. The van der Waals surface area contributed by atoms with Gasteiger partial charge in [-0.1, -0.05) is 18.2 Å². The number of amides is 1. The summed E-state index contributed by atoms with van der Waals surface area (Å²) >= 11 is 0. The second-order valence-corrected chi connectivity index (χ2v) is 4.30. The minimum Gasteiger partial charge on any atom is -0.312 e. The number of carbonyl (C=O) groups is 1. The van der Waals surface area contributed by atoms with E-state index in [2.05, 4.69) is 9.97 Å². The lowest BCUT2D eigenvalue weighted by molar-refractivity contribution is -0.118. The van der Waals surface area contributed by atoms with Crippen molar-refractivity contribution >= 4 is 11.6 Å². The molecule has 1 aromatic carbocycles. The van der Waals surface area contributed by atoms with Crippen molar-refractivity contribution in [3.8, 4) is 0 Å². The first-order valence-corrected chi connectivity index (χ1v) is 5.98. The van der Waals surface area contributed by atoms with Crippen molar-refractivity contribution in [2.75, 3.05) is 11.4 Å². The molecule has 0 saturated carbocycles. The Bertz CT molecular complexity index is 492. The van der Waals surface area contributed by atoms with Crippen LogP contribution in [0, 0.1) is 0 Å². The van der Waals surface area contributed by atoms with E-state index in [9.17, 15) is 4.79 Å². The number of nitrogens with zero attached hydrogens (tertiary/aromatic N) is 3. The van der Waals surface area contributed by atoms with Gasteiger partial charge in [0.15, 0.2) is 0 Å². The lowest BCUT2D eigenvalue weighted by Gasteiger charge is -2.16. The van der Waals surface area contributed by atoms with Gasteiger partial charge in [-0.25, -0.2) is 0 Å². The SMILES string of the molecule is O=C1C(c2cnccn2)CCN1c1ccccc1. The summed E-state index contributed by atoms with van der Waals surface area (Å²) in [6.07, 6.45) is 5.73. The Morgan fingerprint density at radius 1 is 1.17 bits per heavy atom. The second-order valence-electron chi connectivity index (χ2n) is 4.30. The normalized spacial score (nSPS) is 19.2. The van der Waals surface area contributed by atoms with Gasteiger partial charge in [0.1, 0.15) is 0 Å². The molecule has 0 bridgehead atoms. The summed E-state index contributed by atoms with van der Waals surface area (Å²) in [7, 11) is 0. The highest BCUT2D eigenvalue weighted by Crippen LogP contribution is 2.30. The highest BCUT2D eigenvalue weighted by Gasteiger charge is 2.34. The molecule has 1 amide bonds. The van der Waals surface area contributed by atoms with Crippen LogP contribution in [0.3, 0.4) is 0 Å². The van der Waals surface area contributed by atoms with Gasteiger partial charge >= 0.3 is 0 Å². The first-order valence-electron chi connectivity index (χ1n) is 5.98. The lowest BCUT2D eigenvalue weighted by Crippen LogP contribution is -2.26. The van der Waals surface area contributed by atoms with Crippen molar-refractivity contribution in [1.29, 1.82) is 0 Å². The number of carbonyl (C=O) groups excluding carboxylic acids is 1. The van der Waals surface area contributed by atoms with E-state index in [0.717, 1.165) is 24.3 Å². The maximum absolute atomic E-state index is 12.4. The molecule has 1 saturated heterocycles. The van der Waals surface area contributed by atoms with E-state index in [1.807, 2.05) is 35.2 Å². The van der Waals surface area contributed by atoms with Gasteiger partial charge in [0, 0.05) is 30.8 Å². The second kappa shape index (κ2) is 4.56. The Morgan fingerprint density at radius 3 is 2.72 bits per heavy atom. The fourth-order valence-corrected chi connectivity index (χ4v) is 2.31. The van der Waals surface area contributed by atoms with Crippen LogP contribution in [0.15, 0.2) is 48.9 Å². The van der Waals surface area contributed by atoms with Gasteiger partial charge in [0.05, 0.1) is 11.6 Å². The van der Waals surface area contributed by atoms with E-state index in [1.165, 1.54) is 0 Å². The highest BCUT2D eigenvalue weighted by molar-refractivity contribution is 5.99. The van der Waals surface area contributed by atoms with Gasteiger partial charge in [-0.05, 0) is 18.6 Å². The summed E-state index contributed by atoms with van der Waals surface area (Å²) in [5, 5.41) is 0. The summed E-state index contributed by atoms with van der Waals surface area (Å²) in [5.74, 6) is -0.0411. The predicted octanol–water partition coefficient (Wildman–Crippen LogP) is 2.00. The Balaban J connectivity index is 1.86. The van der Waals surface area contributed by atoms with E-state index >= 15 is 0 Å². The van der Waals surface area contributed by atoms with Crippen molar-refractivity contribution < 1.29 is 4.79 Å². The minimum absolute atomic E-state index is 0.113. The number of hydrogen-bond donors (Lipinski definition) is 0. The van der Waals surface area contributed by atoms with Gasteiger partial charge in [0.2, 0.25) is 5.91 Å². The molecule has 1 atom stereocenters. The molecule has 4 nitrogen and oxygen atoms in total. The Kier molecular flexibility index (Phi) is 2.76. The molecule has 0 radical (unpaired) electrons. The van der Waals surface area contributed by atoms with Gasteiger partial charge in [-0.3, -0.25) is 14.8 Å². The first kappa shape index (κ1) is 10.9. The number of benzene rings is 1. The molecule has 1 aliphatic rings. The van der Waals surface area contributed by atoms with Gasteiger partial charge in [0.25, 0.3) is 0 Å². The average Bonchev–Trinajstić information content (AvgIpc) is 2.83. The Morgan fingerprint density at radius 2 is 2.00 bits per heavy atom. The van der Waals surface area contributed by atoms with Crippen LogP contribution >= 0.6 is 0 Å². The number of para-hydroxylation sites is 1. The van der Waals surface area contributed by atoms with Crippen LogP contribution < -0.4 is 4.90 Å². The van der Waals surface area contributed by atoms with Crippen LogP contribution in [0.5, 0.6) is 0 Å². The lowest BCUT2D eigenvalue weighted by atomic mass is 10.1. The van der Waals surface area contributed by atoms with Crippen LogP contribution in [0.4, 0.5) is 5.69 Å². The molecule has 4 heteroatoms. The molecule has 0 aliphatic carbocycles. The predicted molar refractivity (Wildman–Crippen MR) is 68.2 cm³/mol. The molecular formula is C14H13N3O. The van der Waals surface area contributed by atoms with Crippen molar-refractivity contribution in [2.24, 2.45) is 0 Å². The van der Waals surface area contributed by atoms with Crippen molar-refractivity contribution in [3.05, 3.63) is 54.6 Å². The molecule has 0 N–H and O–H groups in total. The molecule has 1 fully saturated rings.